The van der Waals surface area contributed by atoms with Crippen molar-refractivity contribution in [1.29, 1.82) is 0 Å². The van der Waals surface area contributed by atoms with Crippen LogP contribution in [0.15, 0.2) is 60.7 Å². The molecule has 2 aromatic rings. The molecular formula is C17H21NO. The van der Waals surface area contributed by atoms with Gasteiger partial charge in [-0.25, -0.2) is 0 Å². The van der Waals surface area contributed by atoms with E-state index in [9.17, 15) is 0 Å². The lowest BCUT2D eigenvalue weighted by Gasteiger charge is -2.19. The Balaban J connectivity index is 2.14. The van der Waals surface area contributed by atoms with Crippen LogP contribution in [0.4, 0.5) is 0 Å². The maximum Gasteiger partial charge on any atom is 0.0985 e. The molecule has 0 heterocycles. The van der Waals surface area contributed by atoms with E-state index in [1.807, 2.05) is 31.1 Å². The molecule has 0 fully saturated rings. The monoisotopic (exact) mass is 255 g/mol. The van der Waals surface area contributed by atoms with Crippen LogP contribution in [0.25, 0.3) is 0 Å². The number of hydrogen-bond donors (Lipinski definition) is 0. The van der Waals surface area contributed by atoms with Crippen LogP contribution in [0, 0.1) is 0 Å². The maximum atomic E-state index is 5.79. The number of rotatable bonds is 6. The van der Waals surface area contributed by atoms with E-state index < -0.39 is 0 Å². The van der Waals surface area contributed by atoms with Crippen molar-refractivity contribution in [2.75, 3.05) is 27.4 Å². The first-order valence-corrected chi connectivity index (χ1v) is 6.59. The van der Waals surface area contributed by atoms with E-state index in [-0.39, 0.29) is 0 Å². The van der Waals surface area contributed by atoms with Crippen LogP contribution in [-0.2, 0) is 4.74 Å². The molecule has 2 nitrogen and oxygen atoms in total. The van der Waals surface area contributed by atoms with E-state index in [0.717, 1.165) is 0 Å². The average molecular weight is 255 g/mol. The van der Waals surface area contributed by atoms with Gasteiger partial charge in [0.25, 0.3) is 0 Å². The minimum atomic E-state index is 0.294. The predicted octanol–water partition coefficient (Wildman–Crippen LogP) is 3.35. The highest BCUT2D eigenvalue weighted by molar-refractivity contribution is 5.32. The molecule has 0 unspecified atom stereocenters. The van der Waals surface area contributed by atoms with Gasteiger partial charge in [-0.2, -0.15) is 0 Å². The number of benzene rings is 2. The van der Waals surface area contributed by atoms with Crippen molar-refractivity contribution in [3.05, 3.63) is 71.8 Å². The fourth-order valence-corrected chi connectivity index (χ4v) is 2.11. The van der Waals surface area contributed by atoms with Crippen LogP contribution in [0.3, 0.4) is 0 Å². The third-order valence-corrected chi connectivity index (χ3v) is 3.04. The van der Waals surface area contributed by atoms with Crippen molar-refractivity contribution >= 4 is 0 Å². The fraction of sp³-hybridized carbons (Fsp3) is 0.294. The largest absolute Gasteiger partial charge is 0.365 e. The van der Waals surface area contributed by atoms with Gasteiger partial charge in [0.2, 0.25) is 0 Å². The zero-order valence-electron chi connectivity index (χ0n) is 11.6. The second-order valence-corrected chi connectivity index (χ2v) is 4.95. The van der Waals surface area contributed by atoms with Crippen LogP contribution in [-0.4, -0.2) is 32.3 Å². The summed E-state index contributed by atoms with van der Waals surface area (Å²) in [5.41, 5.74) is 2.60. The quantitative estimate of drug-likeness (QED) is 0.734. The van der Waals surface area contributed by atoms with E-state index in [2.05, 4.69) is 48.5 Å². The fourth-order valence-electron chi connectivity index (χ4n) is 2.11. The summed E-state index contributed by atoms with van der Waals surface area (Å²) >= 11 is 0. The van der Waals surface area contributed by atoms with Gasteiger partial charge in [0.1, 0.15) is 0 Å². The van der Waals surface area contributed by atoms with Crippen LogP contribution in [0.2, 0.25) is 0 Å². The summed E-state index contributed by atoms with van der Waals surface area (Å²) in [5, 5.41) is 0. The van der Waals surface area contributed by atoms with E-state index in [4.69, 9.17) is 4.74 Å². The summed E-state index contributed by atoms with van der Waals surface area (Å²) in [6, 6.07) is 21.1. The summed E-state index contributed by atoms with van der Waals surface area (Å²) in [5.74, 6) is 0.294. The van der Waals surface area contributed by atoms with Crippen molar-refractivity contribution in [1.82, 2.24) is 4.90 Å². The molecule has 2 heteroatoms. The molecule has 0 aliphatic rings. The normalized spacial score (nSPS) is 11.2. The van der Waals surface area contributed by atoms with Gasteiger partial charge in [-0.15, -0.1) is 0 Å². The highest BCUT2D eigenvalue weighted by Crippen LogP contribution is 2.24. The maximum absolute atomic E-state index is 5.79. The van der Waals surface area contributed by atoms with Crippen molar-refractivity contribution < 1.29 is 4.74 Å². The lowest BCUT2D eigenvalue weighted by Crippen LogP contribution is -2.19. The number of nitrogens with zero attached hydrogens (tertiary/aromatic N) is 1. The third kappa shape index (κ3) is 4.19. The predicted molar refractivity (Wildman–Crippen MR) is 79.2 cm³/mol. The summed E-state index contributed by atoms with van der Waals surface area (Å²) in [4.78, 5) is 2.03. The smallest absolute Gasteiger partial charge is 0.0985 e. The first kappa shape index (κ1) is 13.8. The molecule has 0 bridgehead atoms. The molecule has 0 amide bonds. The van der Waals surface area contributed by atoms with Crippen LogP contribution < -0.4 is 0 Å². The summed E-state index contributed by atoms with van der Waals surface area (Å²) in [7, 11) is 4.03. The van der Waals surface area contributed by atoms with Crippen LogP contribution in [0.1, 0.15) is 17.0 Å². The van der Waals surface area contributed by atoms with Gasteiger partial charge in [-0.3, -0.25) is 4.90 Å². The van der Waals surface area contributed by atoms with E-state index >= 15 is 0 Å². The highest BCUT2D eigenvalue weighted by Gasteiger charge is 2.13. The Hall–Kier alpha value is -1.64. The molecule has 0 N–H and O–H groups in total. The zero-order chi connectivity index (χ0) is 13.5. The molecule has 0 saturated carbocycles. The Bertz CT molecular complexity index is 428. The van der Waals surface area contributed by atoms with Gasteiger partial charge in [0, 0.05) is 5.92 Å². The molecule has 2 aromatic carbocycles. The molecule has 0 spiro atoms. The van der Waals surface area contributed by atoms with Crippen molar-refractivity contribution in [2.24, 2.45) is 0 Å². The van der Waals surface area contributed by atoms with E-state index in [0.29, 0.717) is 19.3 Å². The summed E-state index contributed by atoms with van der Waals surface area (Å²) in [6.45, 7) is 1.35. The Labute approximate surface area is 115 Å². The second kappa shape index (κ2) is 7.07. The Morgan fingerprint density at radius 2 is 1.32 bits per heavy atom. The van der Waals surface area contributed by atoms with E-state index in [1.165, 1.54) is 11.1 Å². The van der Waals surface area contributed by atoms with Crippen molar-refractivity contribution in [3.8, 4) is 0 Å². The first-order chi connectivity index (χ1) is 9.27. The number of ether oxygens (including phenoxy) is 1. The summed E-state index contributed by atoms with van der Waals surface area (Å²) in [6.07, 6.45) is 0. The van der Waals surface area contributed by atoms with E-state index in [1.54, 1.807) is 0 Å². The SMILES string of the molecule is CN(C)COCC(c1ccccc1)c1ccccc1. The van der Waals surface area contributed by atoms with Gasteiger partial charge in [0.05, 0.1) is 13.3 Å². The summed E-state index contributed by atoms with van der Waals surface area (Å²) < 4.78 is 5.79. The lowest BCUT2D eigenvalue weighted by molar-refractivity contribution is 0.0519. The minimum Gasteiger partial charge on any atom is -0.365 e. The van der Waals surface area contributed by atoms with Crippen molar-refractivity contribution in [2.45, 2.75) is 5.92 Å². The standard InChI is InChI=1S/C17H21NO/c1-18(2)14-19-13-17(15-9-5-3-6-10-15)16-11-7-4-8-12-16/h3-12,17H,13-14H2,1-2H3. The van der Waals surface area contributed by atoms with Gasteiger partial charge < -0.3 is 4.74 Å². The average Bonchev–Trinajstić information content (AvgIpc) is 2.45. The Morgan fingerprint density at radius 3 is 1.74 bits per heavy atom. The van der Waals surface area contributed by atoms with Crippen molar-refractivity contribution in [3.63, 3.8) is 0 Å². The molecule has 19 heavy (non-hydrogen) atoms. The topological polar surface area (TPSA) is 12.5 Å². The van der Waals surface area contributed by atoms with Gasteiger partial charge in [0.15, 0.2) is 0 Å². The van der Waals surface area contributed by atoms with Crippen LogP contribution >= 0.6 is 0 Å². The second-order valence-electron chi connectivity index (χ2n) is 4.95. The molecule has 0 aliphatic heterocycles. The van der Waals surface area contributed by atoms with Gasteiger partial charge in [-0.05, 0) is 25.2 Å². The molecule has 0 aromatic heterocycles. The molecule has 100 valence electrons. The molecule has 2 rings (SSSR count). The van der Waals surface area contributed by atoms with Gasteiger partial charge in [-0.1, -0.05) is 60.7 Å². The van der Waals surface area contributed by atoms with Gasteiger partial charge >= 0.3 is 0 Å². The Morgan fingerprint density at radius 1 is 0.842 bits per heavy atom. The minimum absolute atomic E-state index is 0.294. The molecule has 0 saturated heterocycles. The Kier molecular flexibility index (Phi) is 5.13. The number of hydrogen-bond acceptors (Lipinski definition) is 2. The first-order valence-electron chi connectivity index (χ1n) is 6.59. The third-order valence-electron chi connectivity index (χ3n) is 3.04. The lowest BCUT2D eigenvalue weighted by atomic mass is 9.92. The molecular weight excluding hydrogens is 234 g/mol. The molecule has 0 atom stereocenters. The zero-order valence-corrected chi connectivity index (χ0v) is 11.6. The molecule has 0 radical (unpaired) electrons. The van der Waals surface area contributed by atoms with Crippen LogP contribution in [0.5, 0.6) is 0 Å². The highest BCUT2D eigenvalue weighted by atomic mass is 16.5. The molecule has 0 aliphatic carbocycles.